The van der Waals surface area contributed by atoms with E-state index in [2.05, 4.69) is 23.2 Å². The van der Waals surface area contributed by atoms with Gasteiger partial charge in [-0.1, -0.05) is 60.7 Å². The van der Waals surface area contributed by atoms with Crippen LogP contribution in [-0.4, -0.2) is 23.1 Å². The summed E-state index contributed by atoms with van der Waals surface area (Å²) in [5.74, 6) is 1.39. The smallest absolute Gasteiger partial charge is 0.330 e. The Labute approximate surface area is 219 Å². The minimum Gasteiger partial charge on any atom is -0.496 e. The van der Waals surface area contributed by atoms with Gasteiger partial charge >= 0.3 is 6.03 Å². The molecular weight excluding hydrogens is 480 g/mol. The van der Waals surface area contributed by atoms with Crippen molar-refractivity contribution in [2.75, 3.05) is 16.9 Å². The average Bonchev–Trinajstić information content (AvgIpc) is 3.45. The molecule has 0 saturated heterocycles. The van der Waals surface area contributed by atoms with Gasteiger partial charge in [0.05, 0.1) is 25.9 Å². The Balaban J connectivity index is 1.46. The largest absolute Gasteiger partial charge is 0.496 e. The van der Waals surface area contributed by atoms with Crippen LogP contribution in [0.25, 0.3) is 21.7 Å². The first-order valence-electron chi connectivity index (χ1n) is 12.0. The van der Waals surface area contributed by atoms with Crippen molar-refractivity contribution < 1.29 is 9.53 Å². The van der Waals surface area contributed by atoms with E-state index in [0.29, 0.717) is 18.9 Å². The molecule has 182 valence electrons. The summed E-state index contributed by atoms with van der Waals surface area (Å²) in [6.07, 6.45) is 3.50. The van der Waals surface area contributed by atoms with E-state index in [1.165, 1.54) is 11.3 Å². The molecule has 3 aromatic carbocycles. The van der Waals surface area contributed by atoms with E-state index in [-0.39, 0.29) is 6.03 Å². The molecule has 0 aliphatic carbocycles. The quantitative estimate of drug-likeness (QED) is 0.249. The number of hydrogen-bond donors (Lipinski definition) is 0. The maximum atomic E-state index is 14.1. The van der Waals surface area contributed by atoms with E-state index < -0.39 is 0 Å². The number of fused-ring (bicyclic) bond motifs is 1. The van der Waals surface area contributed by atoms with Gasteiger partial charge in [0.2, 0.25) is 0 Å². The Morgan fingerprint density at radius 1 is 0.892 bits per heavy atom. The molecule has 0 atom stereocenters. The number of benzene rings is 3. The number of methoxy groups -OCH3 is 1. The molecule has 0 unspecified atom stereocenters. The molecule has 1 aliphatic rings. The van der Waals surface area contributed by atoms with Crippen LogP contribution in [0.2, 0.25) is 0 Å². The Hall–Kier alpha value is -4.49. The van der Waals surface area contributed by atoms with Gasteiger partial charge < -0.3 is 4.74 Å². The number of urea groups is 1. The molecule has 6 nitrogen and oxygen atoms in total. The lowest BCUT2D eigenvalue weighted by atomic mass is 9.95. The Morgan fingerprint density at radius 2 is 1.68 bits per heavy atom. The molecule has 2 amide bonds. The third kappa shape index (κ3) is 4.34. The topological polar surface area (TPSA) is 58.6 Å². The third-order valence-corrected chi connectivity index (χ3v) is 7.40. The number of para-hydroxylation sites is 1. The van der Waals surface area contributed by atoms with Gasteiger partial charge in [-0.3, -0.25) is 14.8 Å². The normalized spacial score (nSPS) is 12.9. The van der Waals surface area contributed by atoms with Gasteiger partial charge in [0.15, 0.2) is 0 Å². The van der Waals surface area contributed by atoms with Crippen LogP contribution in [0, 0.1) is 0 Å². The van der Waals surface area contributed by atoms with E-state index in [4.69, 9.17) is 9.72 Å². The molecule has 0 saturated carbocycles. The third-order valence-electron chi connectivity index (χ3n) is 6.52. The van der Waals surface area contributed by atoms with E-state index in [1.807, 2.05) is 77.0 Å². The second-order valence-corrected chi connectivity index (χ2v) is 9.54. The van der Waals surface area contributed by atoms with Crippen LogP contribution in [0.4, 0.5) is 16.3 Å². The Bertz CT molecular complexity index is 1550. The average molecular weight is 505 g/mol. The highest BCUT2D eigenvalue weighted by Gasteiger charge is 2.34. The molecule has 3 heterocycles. The molecule has 7 heteroatoms. The summed E-state index contributed by atoms with van der Waals surface area (Å²) < 4.78 is 5.60. The fourth-order valence-electron chi connectivity index (χ4n) is 4.71. The summed E-state index contributed by atoms with van der Waals surface area (Å²) in [5.41, 5.74) is 6.12. The van der Waals surface area contributed by atoms with E-state index in [9.17, 15) is 4.79 Å². The Kier molecular flexibility index (Phi) is 6.12. The van der Waals surface area contributed by atoms with Crippen molar-refractivity contribution in [3.8, 4) is 27.4 Å². The number of aromatic nitrogens is 2. The summed E-state index contributed by atoms with van der Waals surface area (Å²) in [7, 11) is 1.65. The van der Waals surface area contributed by atoms with Crippen LogP contribution < -0.4 is 14.5 Å². The molecule has 37 heavy (non-hydrogen) atoms. The van der Waals surface area contributed by atoms with Crippen LogP contribution in [0.15, 0.2) is 103 Å². The van der Waals surface area contributed by atoms with Gasteiger partial charge in [0.25, 0.3) is 0 Å². The number of thiazole rings is 1. The second kappa shape index (κ2) is 9.87. The first kappa shape index (κ1) is 22.9. The van der Waals surface area contributed by atoms with E-state index in [1.54, 1.807) is 24.4 Å². The van der Waals surface area contributed by atoms with Crippen molar-refractivity contribution in [2.24, 2.45) is 0 Å². The number of hydrogen-bond acceptors (Lipinski definition) is 5. The van der Waals surface area contributed by atoms with Crippen molar-refractivity contribution in [1.82, 2.24) is 9.97 Å². The zero-order valence-electron chi connectivity index (χ0n) is 20.2. The lowest BCUT2D eigenvalue weighted by molar-refractivity contribution is 0.249. The molecule has 2 aromatic heterocycles. The maximum Gasteiger partial charge on any atom is 0.330 e. The number of amides is 2. The molecule has 0 N–H and O–H groups in total. The monoisotopic (exact) mass is 504 g/mol. The molecule has 0 bridgehead atoms. The molecule has 5 aromatic rings. The Morgan fingerprint density at radius 3 is 2.49 bits per heavy atom. The lowest BCUT2D eigenvalue weighted by Crippen LogP contribution is -2.47. The number of pyridine rings is 1. The SMILES string of the molecule is COc1ccccc1CN1C(=O)N(c2csc(-c3ccncc3)n2)Cc2c(-c3ccccc3)cccc21. The standard InChI is InChI=1S/C30H24N4O2S/c1-36-27-13-6-5-10-23(27)18-33-26-12-7-11-24(21-8-3-2-4-9-21)25(26)19-34(30(33)35)28-20-37-29(32-28)22-14-16-31-17-15-22/h2-17,20H,18-19H2,1H3. The maximum absolute atomic E-state index is 14.1. The van der Waals surface area contributed by atoms with Crippen molar-refractivity contribution in [2.45, 2.75) is 13.1 Å². The number of anilines is 2. The van der Waals surface area contributed by atoms with Gasteiger partial charge in [-0.15, -0.1) is 11.3 Å². The first-order chi connectivity index (χ1) is 18.2. The number of carbonyl (C=O) groups is 1. The number of ether oxygens (including phenoxy) is 1. The highest BCUT2D eigenvalue weighted by molar-refractivity contribution is 7.13. The van der Waals surface area contributed by atoms with Gasteiger partial charge in [0, 0.05) is 34.5 Å². The molecule has 1 aliphatic heterocycles. The van der Waals surface area contributed by atoms with Crippen molar-refractivity contribution in [3.05, 3.63) is 114 Å². The number of carbonyl (C=O) groups excluding carboxylic acids is 1. The van der Waals surface area contributed by atoms with Gasteiger partial charge in [0.1, 0.15) is 16.6 Å². The zero-order chi connectivity index (χ0) is 25.2. The highest BCUT2D eigenvalue weighted by atomic mass is 32.1. The fourth-order valence-corrected chi connectivity index (χ4v) is 5.52. The van der Waals surface area contributed by atoms with Gasteiger partial charge in [-0.25, -0.2) is 9.78 Å². The van der Waals surface area contributed by atoms with Crippen LogP contribution in [0.5, 0.6) is 5.75 Å². The lowest BCUT2D eigenvalue weighted by Gasteiger charge is -2.37. The zero-order valence-corrected chi connectivity index (χ0v) is 21.1. The second-order valence-electron chi connectivity index (χ2n) is 8.68. The minimum absolute atomic E-state index is 0.116. The van der Waals surface area contributed by atoms with Gasteiger partial charge in [-0.05, 0) is 35.4 Å². The highest BCUT2D eigenvalue weighted by Crippen LogP contribution is 2.40. The van der Waals surface area contributed by atoms with Crippen molar-refractivity contribution in [3.63, 3.8) is 0 Å². The van der Waals surface area contributed by atoms with Crippen LogP contribution in [0.3, 0.4) is 0 Å². The fraction of sp³-hybridized carbons (Fsp3) is 0.100. The van der Waals surface area contributed by atoms with Crippen LogP contribution >= 0.6 is 11.3 Å². The van der Waals surface area contributed by atoms with Crippen LogP contribution in [-0.2, 0) is 13.1 Å². The minimum atomic E-state index is -0.116. The summed E-state index contributed by atoms with van der Waals surface area (Å²) >= 11 is 1.52. The summed E-state index contributed by atoms with van der Waals surface area (Å²) in [4.78, 5) is 26.6. The van der Waals surface area contributed by atoms with E-state index >= 15 is 0 Å². The van der Waals surface area contributed by atoms with E-state index in [0.717, 1.165) is 44.3 Å². The first-order valence-corrected chi connectivity index (χ1v) is 12.8. The molecular formula is C30H24N4O2S. The molecule has 0 fully saturated rings. The van der Waals surface area contributed by atoms with Crippen molar-refractivity contribution in [1.29, 1.82) is 0 Å². The summed E-state index contributed by atoms with van der Waals surface area (Å²) in [6.45, 7) is 0.813. The summed E-state index contributed by atoms with van der Waals surface area (Å²) in [6, 6.07) is 28.0. The number of nitrogens with zero attached hydrogens (tertiary/aromatic N) is 4. The van der Waals surface area contributed by atoms with Gasteiger partial charge in [-0.2, -0.15) is 0 Å². The molecule has 0 radical (unpaired) electrons. The van der Waals surface area contributed by atoms with Crippen molar-refractivity contribution >= 4 is 28.9 Å². The molecule has 6 rings (SSSR count). The predicted octanol–water partition coefficient (Wildman–Crippen LogP) is 7.03. The predicted molar refractivity (Wildman–Crippen MR) is 148 cm³/mol. The van der Waals surface area contributed by atoms with Crippen LogP contribution in [0.1, 0.15) is 11.1 Å². The number of rotatable bonds is 6. The molecule has 0 spiro atoms. The summed E-state index contributed by atoms with van der Waals surface area (Å²) in [5, 5.41) is 2.80.